The van der Waals surface area contributed by atoms with Crippen molar-refractivity contribution in [3.05, 3.63) is 46.6 Å². The van der Waals surface area contributed by atoms with E-state index < -0.39 is 11.7 Å². The van der Waals surface area contributed by atoms with Gasteiger partial charge in [-0.25, -0.2) is 9.78 Å². The summed E-state index contributed by atoms with van der Waals surface area (Å²) in [6.07, 6.45) is 1.30. The maximum absolute atomic E-state index is 11.0. The number of aliphatic carboxylic acids is 1. The number of anilines is 2. The summed E-state index contributed by atoms with van der Waals surface area (Å²) < 4.78 is 5.91. The summed E-state index contributed by atoms with van der Waals surface area (Å²) in [5.41, 5.74) is 0.829. The van der Waals surface area contributed by atoms with Crippen LogP contribution >= 0.6 is 15.9 Å². The fourth-order valence-electron chi connectivity index (χ4n) is 1.69. The minimum Gasteiger partial charge on any atom is -0.481 e. The number of nitrogens with one attached hydrogen (secondary N) is 2. The number of carboxylic acids is 1. The van der Waals surface area contributed by atoms with Crippen molar-refractivity contribution in [2.75, 3.05) is 12.4 Å². The molecule has 0 saturated heterocycles. The number of aromatic nitrogens is 1. The van der Waals surface area contributed by atoms with Crippen LogP contribution in [0.1, 0.15) is 5.56 Å². The zero-order valence-corrected chi connectivity index (χ0v) is 12.6. The Hall–Kier alpha value is -2.41. The van der Waals surface area contributed by atoms with Gasteiger partial charge in [0.15, 0.2) is 5.71 Å². The molecule has 0 aliphatic heterocycles. The minimum atomic E-state index is -1.32. The van der Waals surface area contributed by atoms with Gasteiger partial charge in [0.2, 0.25) is 5.88 Å². The number of halogens is 1. The van der Waals surface area contributed by atoms with Crippen molar-refractivity contribution in [3.8, 4) is 5.88 Å². The van der Waals surface area contributed by atoms with Gasteiger partial charge in [-0.1, -0.05) is 22.0 Å². The van der Waals surface area contributed by atoms with E-state index in [1.165, 1.54) is 13.3 Å². The second-order valence-electron chi connectivity index (χ2n) is 4.09. The van der Waals surface area contributed by atoms with Crippen LogP contribution in [0.25, 0.3) is 0 Å². The summed E-state index contributed by atoms with van der Waals surface area (Å²) in [5.74, 6) is -0.992. The van der Waals surface area contributed by atoms with Gasteiger partial charge in [-0.05, 0) is 18.2 Å². The van der Waals surface area contributed by atoms with Crippen LogP contribution in [0.2, 0.25) is 0 Å². The smallest absolute Gasteiger partial charge is 0.354 e. The number of carbonyl (C=O) groups is 1. The Bertz CT molecular complexity index is 704. The van der Waals surface area contributed by atoms with Gasteiger partial charge in [0, 0.05) is 28.0 Å². The first kappa shape index (κ1) is 15.0. The Morgan fingerprint density at radius 3 is 2.81 bits per heavy atom. The summed E-state index contributed by atoms with van der Waals surface area (Å²) in [5, 5.41) is 19.7. The average Bonchev–Trinajstić information content (AvgIpc) is 2.46. The third kappa shape index (κ3) is 3.57. The number of hydrogen-bond donors (Lipinski definition) is 3. The van der Waals surface area contributed by atoms with Gasteiger partial charge in [0.05, 0.1) is 12.8 Å². The standard InChI is InChI=1S/C14H12BrN3O3/c1-21-12-6-11(10(7-17-12)13(16)14(19)20)18-9-4-2-3-8(15)5-9/h2-7,16H,1H3,(H,17,18)(H,19,20). The van der Waals surface area contributed by atoms with Gasteiger partial charge in [-0.3, -0.25) is 5.41 Å². The average molecular weight is 350 g/mol. The Morgan fingerprint density at radius 1 is 1.43 bits per heavy atom. The molecule has 0 spiro atoms. The van der Waals surface area contributed by atoms with Crippen LogP contribution in [-0.2, 0) is 4.79 Å². The highest BCUT2D eigenvalue weighted by Gasteiger charge is 2.16. The van der Waals surface area contributed by atoms with E-state index >= 15 is 0 Å². The third-order valence-corrected chi connectivity index (χ3v) is 3.17. The lowest BCUT2D eigenvalue weighted by atomic mass is 10.1. The summed E-state index contributed by atoms with van der Waals surface area (Å²) in [6.45, 7) is 0. The molecule has 2 aromatic rings. The lowest BCUT2D eigenvalue weighted by Gasteiger charge is -2.12. The zero-order chi connectivity index (χ0) is 15.4. The first-order valence-corrected chi connectivity index (χ1v) is 6.69. The summed E-state index contributed by atoms with van der Waals surface area (Å²) in [7, 11) is 1.47. The molecule has 21 heavy (non-hydrogen) atoms. The van der Waals surface area contributed by atoms with E-state index in [9.17, 15) is 4.79 Å². The molecule has 6 nitrogen and oxygen atoms in total. The normalized spacial score (nSPS) is 10.0. The van der Waals surface area contributed by atoms with E-state index in [1.807, 2.05) is 24.3 Å². The molecule has 0 bridgehead atoms. The molecule has 2 rings (SSSR count). The Balaban J connectivity index is 2.44. The zero-order valence-electron chi connectivity index (χ0n) is 11.1. The first-order valence-electron chi connectivity index (χ1n) is 5.90. The SMILES string of the molecule is COc1cc(Nc2cccc(Br)c2)c(C(=N)C(=O)O)cn1. The monoisotopic (exact) mass is 349 g/mol. The molecule has 1 heterocycles. The number of ether oxygens (including phenoxy) is 1. The van der Waals surface area contributed by atoms with Crippen LogP contribution in [0.15, 0.2) is 41.0 Å². The first-order chi connectivity index (χ1) is 10.0. The Kier molecular flexibility index (Phi) is 4.54. The number of hydrogen-bond acceptors (Lipinski definition) is 5. The van der Waals surface area contributed by atoms with Crippen molar-refractivity contribution >= 4 is 39.0 Å². The highest BCUT2D eigenvalue weighted by Crippen LogP contribution is 2.26. The molecule has 0 atom stereocenters. The van der Waals surface area contributed by atoms with Gasteiger partial charge >= 0.3 is 5.97 Å². The predicted molar refractivity (Wildman–Crippen MR) is 82.7 cm³/mol. The molecular formula is C14H12BrN3O3. The highest BCUT2D eigenvalue weighted by molar-refractivity contribution is 9.10. The van der Waals surface area contributed by atoms with Crippen LogP contribution < -0.4 is 10.1 Å². The van der Waals surface area contributed by atoms with E-state index in [0.29, 0.717) is 11.6 Å². The van der Waals surface area contributed by atoms with Gasteiger partial charge in [-0.2, -0.15) is 0 Å². The molecule has 0 unspecified atom stereocenters. The summed E-state index contributed by atoms with van der Waals surface area (Å²) in [4.78, 5) is 14.9. The van der Waals surface area contributed by atoms with Gasteiger partial charge in [-0.15, -0.1) is 0 Å². The van der Waals surface area contributed by atoms with E-state index in [2.05, 4.69) is 26.2 Å². The molecule has 0 saturated carbocycles. The molecule has 0 fully saturated rings. The van der Waals surface area contributed by atoms with Crippen LogP contribution in [0.5, 0.6) is 5.88 Å². The molecular weight excluding hydrogens is 338 g/mol. The summed E-state index contributed by atoms with van der Waals surface area (Å²) in [6, 6.07) is 8.92. The molecule has 1 aromatic heterocycles. The lowest BCUT2D eigenvalue weighted by Crippen LogP contribution is -2.15. The number of rotatable bonds is 5. The molecule has 0 aliphatic carbocycles. The van der Waals surface area contributed by atoms with Gasteiger partial charge < -0.3 is 15.2 Å². The van der Waals surface area contributed by atoms with E-state index in [4.69, 9.17) is 15.3 Å². The van der Waals surface area contributed by atoms with Crippen LogP contribution in [0.3, 0.4) is 0 Å². The minimum absolute atomic E-state index is 0.184. The molecule has 0 amide bonds. The number of carboxylic acid groups (broad SMARTS) is 1. The van der Waals surface area contributed by atoms with Gasteiger partial charge in [0.1, 0.15) is 0 Å². The van der Waals surface area contributed by atoms with Crippen LogP contribution in [0.4, 0.5) is 11.4 Å². The molecule has 0 radical (unpaired) electrons. The van der Waals surface area contributed by atoms with Crippen LogP contribution in [-0.4, -0.2) is 28.9 Å². The van der Waals surface area contributed by atoms with Crippen molar-refractivity contribution in [2.24, 2.45) is 0 Å². The molecule has 3 N–H and O–H groups in total. The van der Waals surface area contributed by atoms with Crippen molar-refractivity contribution < 1.29 is 14.6 Å². The fourth-order valence-corrected chi connectivity index (χ4v) is 2.09. The highest BCUT2D eigenvalue weighted by atomic mass is 79.9. The molecule has 1 aromatic carbocycles. The number of pyridine rings is 1. The maximum atomic E-state index is 11.0. The maximum Gasteiger partial charge on any atom is 0.354 e. The van der Waals surface area contributed by atoms with Crippen LogP contribution in [0, 0.1) is 5.41 Å². The fraction of sp³-hybridized carbons (Fsp3) is 0.0714. The van der Waals surface area contributed by atoms with Crippen molar-refractivity contribution in [3.63, 3.8) is 0 Å². The second-order valence-corrected chi connectivity index (χ2v) is 5.00. The van der Waals surface area contributed by atoms with E-state index in [1.54, 1.807) is 6.07 Å². The van der Waals surface area contributed by atoms with Crippen molar-refractivity contribution in [1.82, 2.24) is 4.98 Å². The second kappa shape index (κ2) is 6.36. The third-order valence-electron chi connectivity index (χ3n) is 2.67. The van der Waals surface area contributed by atoms with Gasteiger partial charge in [0.25, 0.3) is 0 Å². The Labute approximate surface area is 129 Å². The van der Waals surface area contributed by atoms with Crippen molar-refractivity contribution in [2.45, 2.75) is 0 Å². The molecule has 108 valence electrons. The van der Waals surface area contributed by atoms with E-state index in [0.717, 1.165) is 10.2 Å². The number of methoxy groups -OCH3 is 1. The number of benzene rings is 1. The van der Waals surface area contributed by atoms with Crippen molar-refractivity contribution in [1.29, 1.82) is 5.41 Å². The lowest BCUT2D eigenvalue weighted by molar-refractivity contribution is -0.129. The quantitative estimate of drug-likeness (QED) is 0.721. The number of nitrogens with zero attached hydrogens (tertiary/aromatic N) is 1. The molecule has 0 aliphatic rings. The van der Waals surface area contributed by atoms with E-state index in [-0.39, 0.29) is 5.56 Å². The topological polar surface area (TPSA) is 95.3 Å². The summed E-state index contributed by atoms with van der Waals surface area (Å²) >= 11 is 3.36. The largest absolute Gasteiger partial charge is 0.481 e. The predicted octanol–water partition coefficient (Wildman–Crippen LogP) is 3.05. The molecule has 7 heteroatoms. The Morgan fingerprint density at radius 2 is 2.19 bits per heavy atom.